The summed E-state index contributed by atoms with van der Waals surface area (Å²) in [6, 6.07) is 0.404. The number of nitrogens with zero attached hydrogens (tertiary/aromatic N) is 2. The van der Waals surface area contributed by atoms with Gasteiger partial charge in [0.15, 0.2) is 0 Å². The van der Waals surface area contributed by atoms with Crippen molar-refractivity contribution < 1.29 is 9.90 Å². The maximum Gasteiger partial charge on any atom is 0.256 e. The summed E-state index contributed by atoms with van der Waals surface area (Å²) in [5.74, 6) is 1.01. The highest BCUT2D eigenvalue weighted by Crippen LogP contribution is 2.24. The van der Waals surface area contributed by atoms with E-state index in [4.69, 9.17) is 0 Å². The van der Waals surface area contributed by atoms with E-state index in [9.17, 15) is 9.90 Å². The number of hydrogen-bond donors (Lipinski definition) is 5. The first-order valence-corrected chi connectivity index (χ1v) is 10.7. The summed E-state index contributed by atoms with van der Waals surface area (Å²) in [4.78, 5) is 21.8. The monoisotopic (exact) mass is 390 g/mol. The highest BCUT2D eigenvalue weighted by Gasteiger charge is 2.24. The van der Waals surface area contributed by atoms with Crippen molar-refractivity contribution in [3.63, 3.8) is 0 Å². The molecule has 156 valence electrons. The normalized spacial score (nSPS) is 23.2. The van der Waals surface area contributed by atoms with Crippen LogP contribution in [-0.4, -0.2) is 58.8 Å². The number of hydrogen-bond acceptors (Lipinski definition) is 7. The molecule has 8 heteroatoms. The Morgan fingerprint density at radius 3 is 2.64 bits per heavy atom. The third-order valence-corrected chi connectivity index (χ3v) is 5.56. The standard InChI is InChI=1S/C20H34N6O2/c1-2-3-10-22-20-23-13-17(19(28)25-15-8-11-21-12-9-15)18(26-20)24-14-4-6-16(27)7-5-14/h13-16,21,27H,2-12H2,1H3,(H,25,28)(H2,22,23,24,26). The van der Waals surface area contributed by atoms with E-state index in [1.807, 2.05) is 0 Å². The highest BCUT2D eigenvalue weighted by atomic mass is 16.3. The maximum absolute atomic E-state index is 12.9. The molecular weight excluding hydrogens is 356 g/mol. The fraction of sp³-hybridized carbons (Fsp3) is 0.750. The van der Waals surface area contributed by atoms with Gasteiger partial charge in [-0.25, -0.2) is 4.98 Å². The zero-order valence-corrected chi connectivity index (χ0v) is 16.8. The van der Waals surface area contributed by atoms with E-state index in [1.54, 1.807) is 6.20 Å². The second kappa shape index (κ2) is 10.6. The van der Waals surface area contributed by atoms with E-state index >= 15 is 0 Å². The van der Waals surface area contributed by atoms with E-state index in [1.165, 1.54) is 0 Å². The van der Waals surface area contributed by atoms with Crippen molar-refractivity contribution in [1.29, 1.82) is 0 Å². The van der Waals surface area contributed by atoms with Crippen LogP contribution in [0.5, 0.6) is 0 Å². The number of unbranched alkanes of at least 4 members (excludes halogenated alkanes) is 1. The van der Waals surface area contributed by atoms with Gasteiger partial charge in [0, 0.05) is 24.8 Å². The number of amides is 1. The minimum absolute atomic E-state index is 0.120. The minimum Gasteiger partial charge on any atom is -0.393 e. The van der Waals surface area contributed by atoms with Gasteiger partial charge in [-0.05, 0) is 58.0 Å². The van der Waals surface area contributed by atoms with Gasteiger partial charge in [-0.2, -0.15) is 4.98 Å². The van der Waals surface area contributed by atoms with Gasteiger partial charge in [0.05, 0.1) is 6.10 Å². The molecule has 1 saturated heterocycles. The molecule has 1 aromatic heterocycles. The van der Waals surface area contributed by atoms with Gasteiger partial charge in [-0.15, -0.1) is 0 Å². The molecule has 0 bridgehead atoms. The van der Waals surface area contributed by atoms with E-state index in [0.717, 1.165) is 71.0 Å². The molecule has 2 fully saturated rings. The number of aromatic nitrogens is 2. The highest BCUT2D eigenvalue weighted by molar-refractivity contribution is 5.98. The van der Waals surface area contributed by atoms with Gasteiger partial charge >= 0.3 is 0 Å². The van der Waals surface area contributed by atoms with Gasteiger partial charge in [-0.1, -0.05) is 13.3 Å². The van der Waals surface area contributed by atoms with Crippen molar-refractivity contribution in [2.24, 2.45) is 0 Å². The average Bonchev–Trinajstić information content (AvgIpc) is 2.71. The van der Waals surface area contributed by atoms with E-state index in [2.05, 4.69) is 38.2 Å². The number of nitrogens with one attached hydrogen (secondary N) is 4. The maximum atomic E-state index is 12.9. The van der Waals surface area contributed by atoms with Crippen LogP contribution >= 0.6 is 0 Å². The van der Waals surface area contributed by atoms with Gasteiger partial charge in [0.1, 0.15) is 11.4 Å². The summed E-state index contributed by atoms with van der Waals surface area (Å²) in [6.45, 7) is 4.81. The number of anilines is 2. The molecule has 0 aromatic carbocycles. The average molecular weight is 391 g/mol. The second-order valence-electron chi connectivity index (χ2n) is 7.88. The topological polar surface area (TPSA) is 111 Å². The van der Waals surface area contributed by atoms with Gasteiger partial charge in [0.25, 0.3) is 5.91 Å². The number of aliphatic hydroxyl groups excluding tert-OH is 1. The van der Waals surface area contributed by atoms with Crippen molar-refractivity contribution in [1.82, 2.24) is 20.6 Å². The van der Waals surface area contributed by atoms with Crippen LogP contribution in [0.3, 0.4) is 0 Å². The van der Waals surface area contributed by atoms with E-state index in [0.29, 0.717) is 17.3 Å². The van der Waals surface area contributed by atoms with Crippen molar-refractivity contribution in [3.8, 4) is 0 Å². The van der Waals surface area contributed by atoms with E-state index in [-0.39, 0.29) is 24.1 Å². The molecule has 3 rings (SSSR count). The number of carbonyl (C=O) groups is 1. The number of rotatable bonds is 8. The Kier molecular flexibility index (Phi) is 7.85. The van der Waals surface area contributed by atoms with Crippen LogP contribution in [0.4, 0.5) is 11.8 Å². The van der Waals surface area contributed by atoms with Gasteiger partial charge in [-0.3, -0.25) is 4.79 Å². The van der Waals surface area contributed by atoms with Crippen LogP contribution in [0.15, 0.2) is 6.20 Å². The Hall–Kier alpha value is -1.93. The molecule has 2 aliphatic rings. The zero-order chi connectivity index (χ0) is 19.8. The Morgan fingerprint density at radius 2 is 1.93 bits per heavy atom. The first-order valence-electron chi connectivity index (χ1n) is 10.7. The van der Waals surface area contributed by atoms with Crippen LogP contribution in [0.1, 0.15) is 68.6 Å². The summed E-state index contributed by atoms with van der Waals surface area (Å²) < 4.78 is 0. The number of aliphatic hydroxyl groups is 1. The predicted octanol–water partition coefficient (Wildman–Crippen LogP) is 1.89. The molecule has 1 amide bonds. The molecule has 1 aromatic rings. The van der Waals surface area contributed by atoms with Crippen molar-refractivity contribution in [2.45, 2.75) is 76.5 Å². The summed E-state index contributed by atoms with van der Waals surface area (Å²) in [6.07, 6.45) is 8.73. The van der Waals surface area contributed by atoms with Crippen LogP contribution in [0.25, 0.3) is 0 Å². The largest absolute Gasteiger partial charge is 0.393 e. The molecular formula is C20H34N6O2. The van der Waals surface area contributed by atoms with Crippen LogP contribution in [0, 0.1) is 0 Å². The molecule has 28 heavy (non-hydrogen) atoms. The fourth-order valence-electron chi connectivity index (χ4n) is 3.76. The Morgan fingerprint density at radius 1 is 1.18 bits per heavy atom. The van der Waals surface area contributed by atoms with Crippen LogP contribution < -0.4 is 21.3 Å². The first kappa shape index (κ1) is 20.8. The third kappa shape index (κ3) is 6.04. The van der Waals surface area contributed by atoms with Crippen LogP contribution in [0.2, 0.25) is 0 Å². The molecule has 0 radical (unpaired) electrons. The lowest BCUT2D eigenvalue weighted by Gasteiger charge is -2.28. The summed E-state index contributed by atoms with van der Waals surface area (Å²) in [5, 5.41) is 22.9. The quantitative estimate of drug-likeness (QED) is 0.431. The molecule has 0 atom stereocenters. The second-order valence-corrected chi connectivity index (χ2v) is 7.88. The zero-order valence-electron chi connectivity index (χ0n) is 16.8. The summed E-state index contributed by atoms with van der Waals surface area (Å²) in [7, 11) is 0. The molecule has 8 nitrogen and oxygen atoms in total. The lowest BCUT2D eigenvalue weighted by atomic mass is 9.93. The molecule has 1 aliphatic heterocycles. The summed E-state index contributed by atoms with van der Waals surface area (Å²) >= 11 is 0. The fourth-order valence-corrected chi connectivity index (χ4v) is 3.76. The van der Waals surface area contributed by atoms with Crippen molar-refractivity contribution in [2.75, 3.05) is 30.3 Å². The Balaban J connectivity index is 1.71. The SMILES string of the molecule is CCCCNc1ncc(C(=O)NC2CCNCC2)c(NC2CCC(O)CC2)n1. The van der Waals surface area contributed by atoms with Crippen LogP contribution in [-0.2, 0) is 0 Å². The third-order valence-electron chi connectivity index (χ3n) is 5.56. The predicted molar refractivity (Wildman–Crippen MR) is 111 cm³/mol. The minimum atomic E-state index is -0.211. The molecule has 0 spiro atoms. The molecule has 5 N–H and O–H groups in total. The Bertz CT molecular complexity index is 627. The molecule has 1 aliphatic carbocycles. The smallest absolute Gasteiger partial charge is 0.256 e. The lowest BCUT2D eigenvalue weighted by molar-refractivity contribution is 0.0929. The van der Waals surface area contributed by atoms with Crippen molar-refractivity contribution >= 4 is 17.7 Å². The molecule has 2 heterocycles. The lowest BCUT2D eigenvalue weighted by Crippen LogP contribution is -2.43. The van der Waals surface area contributed by atoms with Gasteiger partial charge in [0.2, 0.25) is 5.95 Å². The Labute approximate surface area is 167 Å². The first-order chi connectivity index (χ1) is 13.7. The molecule has 0 unspecified atom stereocenters. The van der Waals surface area contributed by atoms with Crippen molar-refractivity contribution in [3.05, 3.63) is 11.8 Å². The van der Waals surface area contributed by atoms with E-state index < -0.39 is 0 Å². The number of piperidine rings is 1. The summed E-state index contributed by atoms with van der Waals surface area (Å²) in [5.41, 5.74) is 0.491. The number of carbonyl (C=O) groups excluding carboxylic acids is 1. The molecule has 1 saturated carbocycles. The van der Waals surface area contributed by atoms with Gasteiger partial charge < -0.3 is 26.4 Å².